The molecule has 1 N–H and O–H groups in total. The number of fused-ring (bicyclic) bond motifs is 2. The third kappa shape index (κ3) is 3.43. The number of nitrogens with one attached hydrogen (secondary N) is 1. The Hall–Kier alpha value is -1.87. The van der Waals surface area contributed by atoms with Crippen molar-refractivity contribution in [3.8, 4) is 0 Å². The second-order valence-electron chi connectivity index (χ2n) is 7.05. The molecule has 0 fully saturated rings. The van der Waals surface area contributed by atoms with Crippen LogP contribution in [-0.4, -0.2) is 51.3 Å². The molecule has 0 bridgehead atoms. The second-order valence-corrected chi connectivity index (χ2v) is 8.03. The molecular formula is C16H23N5O3S. The Labute approximate surface area is 149 Å². The van der Waals surface area contributed by atoms with Crippen LogP contribution in [0.5, 0.6) is 0 Å². The standard InChI is InChI=1S/C16H23N5O3S/c1-16(2,3)21-13-11(8-18-21)14(23)20-10(9-25-15(20)19-13)7-12(22)17-5-6-24-4/h8,10H,5-7,9H2,1-4H3,(H,17,22). The van der Waals surface area contributed by atoms with Gasteiger partial charge in [0.25, 0.3) is 5.56 Å². The Bertz CT molecular complexity index is 852. The van der Waals surface area contributed by atoms with E-state index in [4.69, 9.17) is 4.74 Å². The van der Waals surface area contributed by atoms with E-state index in [1.165, 1.54) is 11.8 Å². The Morgan fingerprint density at radius 2 is 2.24 bits per heavy atom. The van der Waals surface area contributed by atoms with E-state index in [0.717, 1.165) is 0 Å². The first-order valence-corrected chi connectivity index (χ1v) is 9.20. The molecule has 1 unspecified atom stereocenters. The molecule has 0 aliphatic carbocycles. The highest BCUT2D eigenvalue weighted by molar-refractivity contribution is 7.99. The Balaban J connectivity index is 1.90. The third-order valence-corrected chi connectivity index (χ3v) is 5.15. The van der Waals surface area contributed by atoms with E-state index < -0.39 is 0 Å². The predicted octanol–water partition coefficient (Wildman–Crippen LogP) is 1.15. The zero-order valence-corrected chi connectivity index (χ0v) is 15.7. The highest BCUT2D eigenvalue weighted by Crippen LogP contribution is 2.33. The fourth-order valence-corrected chi connectivity index (χ4v) is 3.98. The van der Waals surface area contributed by atoms with Gasteiger partial charge in [-0.2, -0.15) is 5.10 Å². The molecule has 3 heterocycles. The highest BCUT2D eigenvalue weighted by Gasteiger charge is 2.30. The predicted molar refractivity (Wildman–Crippen MR) is 96.0 cm³/mol. The number of nitrogens with zero attached hydrogens (tertiary/aromatic N) is 4. The summed E-state index contributed by atoms with van der Waals surface area (Å²) in [5.41, 5.74) is 0.209. The van der Waals surface area contributed by atoms with Crippen LogP contribution in [0, 0.1) is 0 Å². The van der Waals surface area contributed by atoms with Crippen LogP contribution in [0.3, 0.4) is 0 Å². The number of ether oxygens (including phenoxy) is 1. The number of hydrogen-bond acceptors (Lipinski definition) is 6. The monoisotopic (exact) mass is 365 g/mol. The normalized spacial score (nSPS) is 17.0. The average molecular weight is 365 g/mol. The Kier molecular flexibility index (Phi) is 4.88. The van der Waals surface area contributed by atoms with E-state index in [9.17, 15) is 9.59 Å². The first-order chi connectivity index (χ1) is 11.8. The Morgan fingerprint density at radius 3 is 2.92 bits per heavy atom. The minimum absolute atomic E-state index is 0.0899. The first kappa shape index (κ1) is 17.9. The van der Waals surface area contributed by atoms with Gasteiger partial charge in [0.1, 0.15) is 5.39 Å². The molecule has 2 aromatic heterocycles. The molecule has 1 amide bonds. The summed E-state index contributed by atoms with van der Waals surface area (Å²) < 4.78 is 8.33. The largest absolute Gasteiger partial charge is 0.383 e. The van der Waals surface area contributed by atoms with Gasteiger partial charge in [-0.25, -0.2) is 9.67 Å². The molecule has 3 rings (SSSR count). The molecule has 0 spiro atoms. The molecule has 1 aliphatic heterocycles. The number of methoxy groups -OCH3 is 1. The van der Waals surface area contributed by atoms with Crippen molar-refractivity contribution in [1.82, 2.24) is 24.6 Å². The first-order valence-electron chi connectivity index (χ1n) is 8.22. The van der Waals surface area contributed by atoms with Crippen LogP contribution in [0.2, 0.25) is 0 Å². The van der Waals surface area contributed by atoms with Crippen LogP contribution in [0.1, 0.15) is 33.2 Å². The van der Waals surface area contributed by atoms with Gasteiger partial charge in [0.2, 0.25) is 5.91 Å². The van der Waals surface area contributed by atoms with E-state index in [1.54, 1.807) is 22.6 Å². The summed E-state index contributed by atoms with van der Waals surface area (Å²) in [4.78, 5) is 29.6. The molecule has 9 heteroatoms. The van der Waals surface area contributed by atoms with Crippen LogP contribution in [0.4, 0.5) is 0 Å². The maximum Gasteiger partial charge on any atom is 0.265 e. The number of rotatable bonds is 5. The van der Waals surface area contributed by atoms with Crippen LogP contribution in [0.25, 0.3) is 11.0 Å². The summed E-state index contributed by atoms with van der Waals surface area (Å²) in [5.74, 6) is 0.572. The molecule has 1 aliphatic rings. The summed E-state index contributed by atoms with van der Waals surface area (Å²) >= 11 is 1.50. The number of amides is 1. The molecule has 25 heavy (non-hydrogen) atoms. The van der Waals surface area contributed by atoms with E-state index in [-0.39, 0.29) is 29.5 Å². The van der Waals surface area contributed by atoms with E-state index in [0.29, 0.717) is 35.1 Å². The quantitative estimate of drug-likeness (QED) is 0.631. The van der Waals surface area contributed by atoms with Gasteiger partial charge in [0.05, 0.1) is 24.4 Å². The molecule has 0 saturated heterocycles. The molecular weight excluding hydrogens is 342 g/mol. The summed E-state index contributed by atoms with van der Waals surface area (Å²) in [6.45, 7) is 6.99. The number of aromatic nitrogens is 4. The van der Waals surface area contributed by atoms with Gasteiger partial charge in [0, 0.05) is 25.8 Å². The second kappa shape index (κ2) is 6.80. The minimum Gasteiger partial charge on any atom is -0.383 e. The van der Waals surface area contributed by atoms with Crippen molar-refractivity contribution in [2.24, 2.45) is 0 Å². The van der Waals surface area contributed by atoms with Crippen LogP contribution < -0.4 is 10.9 Å². The fraction of sp³-hybridized carbons (Fsp3) is 0.625. The summed E-state index contributed by atoms with van der Waals surface area (Å²) in [6, 6.07) is -0.190. The molecule has 136 valence electrons. The zero-order valence-electron chi connectivity index (χ0n) is 14.9. The topological polar surface area (TPSA) is 91.0 Å². The lowest BCUT2D eigenvalue weighted by Crippen LogP contribution is -2.32. The molecule has 0 saturated carbocycles. The van der Waals surface area contributed by atoms with Crippen LogP contribution in [-0.2, 0) is 15.1 Å². The van der Waals surface area contributed by atoms with Crippen LogP contribution >= 0.6 is 11.8 Å². The van der Waals surface area contributed by atoms with Gasteiger partial charge in [-0.15, -0.1) is 0 Å². The number of carbonyl (C=O) groups excluding carboxylic acids is 1. The van der Waals surface area contributed by atoms with Crippen molar-refractivity contribution in [2.45, 2.75) is 43.9 Å². The molecule has 1 atom stereocenters. The highest BCUT2D eigenvalue weighted by atomic mass is 32.2. The lowest BCUT2D eigenvalue weighted by atomic mass is 10.1. The summed E-state index contributed by atoms with van der Waals surface area (Å²) in [6.07, 6.45) is 1.83. The third-order valence-electron chi connectivity index (χ3n) is 4.06. The fourth-order valence-electron chi connectivity index (χ4n) is 2.85. The lowest BCUT2D eigenvalue weighted by molar-refractivity contribution is -0.121. The molecule has 2 aromatic rings. The number of hydrogen-bond donors (Lipinski definition) is 1. The minimum atomic E-state index is -0.260. The maximum atomic E-state index is 12.9. The molecule has 0 aromatic carbocycles. The Morgan fingerprint density at radius 1 is 1.48 bits per heavy atom. The van der Waals surface area contributed by atoms with E-state index in [1.807, 2.05) is 20.8 Å². The summed E-state index contributed by atoms with van der Waals surface area (Å²) in [7, 11) is 1.59. The maximum absolute atomic E-state index is 12.9. The van der Waals surface area contributed by atoms with Gasteiger partial charge in [0.15, 0.2) is 10.8 Å². The molecule has 0 radical (unpaired) electrons. The molecule has 8 nitrogen and oxygen atoms in total. The van der Waals surface area contributed by atoms with Crippen molar-refractivity contribution in [3.63, 3.8) is 0 Å². The smallest absolute Gasteiger partial charge is 0.265 e. The van der Waals surface area contributed by atoms with Crippen molar-refractivity contribution >= 4 is 28.7 Å². The number of carbonyl (C=O) groups is 1. The SMILES string of the molecule is COCCNC(=O)CC1CSc2nc3c(cnn3C(C)(C)C)c(=O)n21. The van der Waals surface area contributed by atoms with Gasteiger partial charge >= 0.3 is 0 Å². The van der Waals surface area contributed by atoms with Crippen molar-refractivity contribution in [3.05, 3.63) is 16.6 Å². The van der Waals surface area contributed by atoms with E-state index in [2.05, 4.69) is 15.4 Å². The van der Waals surface area contributed by atoms with Gasteiger partial charge in [-0.05, 0) is 20.8 Å². The van der Waals surface area contributed by atoms with E-state index >= 15 is 0 Å². The van der Waals surface area contributed by atoms with Crippen LogP contribution in [0.15, 0.2) is 16.1 Å². The average Bonchev–Trinajstić information content (AvgIpc) is 3.12. The lowest BCUT2D eigenvalue weighted by Gasteiger charge is -2.20. The van der Waals surface area contributed by atoms with Crippen molar-refractivity contribution < 1.29 is 9.53 Å². The van der Waals surface area contributed by atoms with Gasteiger partial charge in [-0.1, -0.05) is 11.8 Å². The summed E-state index contributed by atoms with van der Waals surface area (Å²) in [5, 5.41) is 8.28. The van der Waals surface area contributed by atoms with Crippen molar-refractivity contribution in [1.29, 1.82) is 0 Å². The van der Waals surface area contributed by atoms with Gasteiger partial charge < -0.3 is 10.1 Å². The van der Waals surface area contributed by atoms with Crippen molar-refractivity contribution in [2.75, 3.05) is 26.0 Å². The number of thioether (sulfide) groups is 1. The van der Waals surface area contributed by atoms with Gasteiger partial charge in [-0.3, -0.25) is 14.2 Å². The zero-order chi connectivity index (χ0) is 18.2.